The Morgan fingerprint density at radius 2 is 1.90 bits per heavy atom. The Morgan fingerprint density at radius 3 is 2.66 bits per heavy atom. The van der Waals surface area contributed by atoms with E-state index in [-0.39, 0.29) is 18.0 Å². The van der Waals surface area contributed by atoms with Crippen LogP contribution < -0.4 is 10.1 Å². The van der Waals surface area contributed by atoms with Gasteiger partial charge in [0.1, 0.15) is 29.8 Å². The molecule has 0 bridgehead atoms. The molecular formula is C24H19FN2O2. The lowest BCUT2D eigenvalue weighted by molar-refractivity contribution is -0.112. The fourth-order valence-electron chi connectivity index (χ4n) is 2.71. The van der Waals surface area contributed by atoms with E-state index in [4.69, 9.17) is 4.74 Å². The van der Waals surface area contributed by atoms with Gasteiger partial charge in [0.15, 0.2) is 0 Å². The topological polar surface area (TPSA) is 62.1 Å². The minimum atomic E-state index is -0.479. The predicted octanol–water partition coefficient (Wildman–Crippen LogP) is 5.26. The molecule has 0 radical (unpaired) electrons. The number of hydrogen-bond acceptors (Lipinski definition) is 3. The number of amides is 1. The fraction of sp³-hybridized carbons (Fsp3) is 0.0833. The van der Waals surface area contributed by atoms with Crippen LogP contribution in [0, 0.1) is 24.1 Å². The monoisotopic (exact) mass is 386 g/mol. The van der Waals surface area contributed by atoms with Crippen LogP contribution in [0.5, 0.6) is 5.75 Å². The lowest BCUT2D eigenvalue weighted by Crippen LogP contribution is -2.14. The Hall–Kier alpha value is -3.91. The zero-order chi connectivity index (χ0) is 20.6. The Balaban J connectivity index is 1.72. The van der Waals surface area contributed by atoms with Crippen LogP contribution in [0.2, 0.25) is 0 Å². The van der Waals surface area contributed by atoms with Gasteiger partial charge < -0.3 is 10.1 Å². The summed E-state index contributed by atoms with van der Waals surface area (Å²) in [6.45, 7) is 2.09. The number of para-hydroxylation sites is 1. The Kier molecular flexibility index (Phi) is 6.39. The average molecular weight is 386 g/mol. The Bertz CT molecular complexity index is 1100. The largest absolute Gasteiger partial charge is 0.489 e. The summed E-state index contributed by atoms with van der Waals surface area (Å²) >= 11 is 0. The van der Waals surface area contributed by atoms with Gasteiger partial charge in [0.2, 0.25) is 0 Å². The molecule has 3 rings (SSSR count). The van der Waals surface area contributed by atoms with E-state index in [1.165, 1.54) is 18.2 Å². The molecule has 0 aliphatic rings. The van der Waals surface area contributed by atoms with E-state index in [9.17, 15) is 14.4 Å². The molecule has 0 aliphatic heterocycles. The second-order valence-corrected chi connectivity index (χ2v) is 6.43. The van der Waals surface area contributed by atoms with Gasteiger partial charge in [-0.05, 0) is 60.0 Å². The van der Waals surface area contributed by atoms with Crippen molar-refractivity contribution in [2.45, 2.75) is 13.5 Å². The highest BCUT2D eigenvalue weighted by Gasteiger charge is 2.11. The van der Waals surface area contributed by atoms with Gasteiger partial charge in [0, 0.05) is 5.69 Å². The molecule has 144 valence electrons. The van der Waals surface area contributed by atoms with Crippen molar-refractivity contribution in [3.8, 4) is 11.8 Å². The van der Waals surface area contributed by atoms with Crippen molar-refractivity contribution in [2.24, 2.45) is 0 Å². The van der Waals surface area contributed by atoms with Crippen LogP contribution in [0.4, 0.5) is 10.1 Å². The summed E-state index contributed by atoms with van der Waals surface area (Å²) in [4.78, 5) is 12.5. The molecule has 0 saturated heterocycles. The lowest BCUT2D eigenvalue weighted by Gasteiger charge is -2.08. The lowest BCUT2D eigenvalue weighted by atomic mass is 10.1. The van der Waals surface area contributed by atoms with Gasteiger partial charge >= 0.3 is 0 Å². The fourth-order valence-corrected chi connectivity index (χ4v) is 2.71. The summed E-state index contributed by atoms with van der Waals surface area (Å²) in [7, 11) is 0. The van der Waals surface area contributed by atoms with Crippen molar-refractivity contribution < 1.29 is 13.9 Å². The average Bonchev–Trinajstić information content (AvgIpc) is 2.72. The van der Waals surface area contributed by atoms with Gasteiger partial charge in [0.25, 0.3) is 5.91 Å². The third kappa shape index (κ3) is 5.53. The molecule has 0 saturated carbocycles. The Morgan fingerprint density at radius 1 is 1.10 bits per heavy atom. The van der Waals surface area contributed by atoms with Crippen LogP contribution in [0.25, 0.3) is 6.08 Å². The molecule has 0 aromatic heterocycles. The molecule has 1 amide bonds. The van der Waals surface area contributed by atoms with Gasteiger partial charge in [-0.25, -0.2) is 4.39 Å². The number of nitrogens with zero attached hydrogens (tertiary/aromatic N) is 1. The van der Waals surface area contributed by atoms with E-state index in [2.05, 4.69) is 5.32 Å². The first-order valence-electron chi connectivity index (χ1n) is 9.01. The third-order valence-corrected chi connectivity index (χ3v) is 4.22. The third-order valence-electron chi connectivity index (χ3n) is 4.22. The van der Waals surface area contributed by atoms with E-state index in [0.717, 1.165) is 5.56 Å². The van der Waals surface area contributed by atoms with Crippen LogP contribution in [0.1, 0.15) is 16.7 Å². The number of aryl methyl sites for hydroxylation is 1. The summed E-state index contributed by atoms with van der Waals surface area (Å²) in [5, 5.41) is 12.2. The maximum Gasteiger partial charge on any atom is 0.266 e. The smallest absolute Gasteiger partial charge is 0.266 e. The van der Waals surface area contributed by atoms with Crippen molar-refractivity contribution in [3.05, 3.63) is 101 Å². The van der Waals surface area contributed by atoms with E-state index in [0.29, 0.717) is 22.6 Å². The van der Waals surface area contributed by atoms with Gasteiger partial charge in [0.05, 0.1) is 0 Å². The molecule has 0 unspecified atom stereocenters. The number of benzene rings is 3. The van der Waals surface area contributed by atoms with Crippen LogP contribution in [0.3, 0.4) is 0 Å². The SMILES string of the molecule is Cc1ccccc1NC(=O)/C(C#N)=C\c1cccc(OCc2cccc(F)c2)c1. The molecule has 0 heterocycles. The van der Waals surface area contributed by atoms with Crippen LogP contribution in [-0.2, 0) is 11.4 Å². The molecule has 3 aromatic rings. The summed E-state index contributed by atoms with van der Waals surface area (Å²) in [6, 6.07) is 22.5. The molecule has 0 aliphatic carbocycles. The molecule has 1 N–H and O–H groups in total. The van der Waals surface area contributed by atoms with Crippen molar-refractivity contribution in [3.63, 3.8) is 0 Å². The van der Waals surface area contributed by atoms with Crippen LogP contribution in [-0.4, -0.2) is 5.91 Å². The van der Waals surface area contributed by atoms with Crippen LogP contribution >= 0.6 is 0 Å². The van der Waals surface area contributed by atoms with Crippen LogP contribution in [0.15, 0.2) is 78.4 Å². The molecule has 3 aromatic carbocycles. The highest BCUT2D eigenvalue weighted by Crippen LogP contribution is 2.19. The predicted molar refractivity (Wildman–Crippen MR) is 111 cm³/mol. The molecule has 5 heteroatoms. The van der Waals surface area contributed by atoms with E-state index >= 15 is 0 Å². The van der Waals surface area contributed by atoms with Gasteiger partial charge in [-0.1, -0.05) is 42.5 Å². The van der Waals surface area contributed by atoms with Gasteiger partial charge in [-0.3, -0.25) is 4.79 Å². The number of hydrogen-bond donors (Lipinski definition) is 1. The van der Waals surface area contributed by atoms with Crippen molar-refractivity contribution >= 4 is 17.7 Å². The van der Waals surface area contributed by atoms with Gasteiger partial charge in [-0.2, -0.15) is 5.26 Å². The summed E-state index contributed by atoms with van der Waals surface area (Å²) in [5.41, 5.74) is 2.91. The molecule has 29 heavy (non-hydrogen) atoms. The number of ether oxygens (including phenoxy) is 1. The number of anilines is 1. The number of carbonyl (C=O) groups excluding carboxylic acids is 1. The Labute approximate surface area is 168 Å². The highest BCUT2D eigenvalue weighted by atomic mass is 19.1. The van der Waals surface area contributed by atoms with E-state index in [1.54, 1.807) is 42.5 Å². The van der Waals surface area contributed by atoms with E-state index < -0.39 is 5.91 Å². The first-order valence-corrected chi connectivity index (χ1v) is 9.01. The number of carbonyl (C=O) groups is 1. The molecule has 0 fully saturated rings. The summed E-state index contributed by atoms with van der Waals surface area (Å²) < 4.78 is 19.0. The molecule has 0 spiro atoms. The minimum absolute atomic E-state index is 0.0180. The standard InChI is InChI=1S/C24H19FN2O2/c1-17-6-2-3-11-23(17)27-24(28)20(15-26)12-18-7-5-10-22(14-18)29-16-19-8-4-9-21(25)13-19/h2-14H,16H2,1H3,(H,27,28)/b20-12-. The number of rotatable bonds is 6. The second kappa shape index (κ2) is 9.34. The van der Waals surface area contributed by atoms with Gasteiger partial charge in [-0.15, -0.1) is 0 Å². The first kappa shape index (κ1) is 19.8. The molecule has 4 nitrogen and oxygen atoms in total. The highest BCUT2D eigenvalue weighted by molar-refractivity contribution is 6.09. The normalized spacial score (nSPS) is 10.9. The maximum atomic E-state index is 13.3. The number of halogens is 1. The second-order valence-electron chi connectivity index (χ2n) is 6.43. The first-order chi connectivity index (χ1) is 14.0. The molecular weight excluding hydrogens is 367 g/mol. The zero-order valence-corrected chi connectivity index (χ0v) is 15.9. The quantitative estimate of drug-likeness (QED) is 0.464. The van der Waals surface area contributed by atoms with Crippen molar-refractivity contribution in [1.29, 1.82) is 5.26 Å². The number of nitrogens with one attached hydrogen (secondary N) is 1. The number of nitriles is 1. The molecule has 0 atom stereocenters. The minimum Gasteiger partial charge on any atom is -0.489 e. The maximum absolute atomic E-state index is 13.3. The van der Waals surface area contributed by atoms with E-state index in [1.807, 2.05) is 31.2 Å². The zero-order valence-electron chi connectivity index (χ0n) is 15.9. The summed E-state index contributed by atoms with van der Waals surface area (Å²) in [6.07, 6.45) is 1.50. The summed E-state index contributed by atoms with van der Waals surface area (Å²) in [5.74, 6) is -0.242. The van der Waals surface area contributed by atoms with Crippen molar-refractivity contribution in [2.75, 3.05) is 5.32 Å². The van der Waals surface area contributed by atoms with Crippen molar-refractivity contribution in [1.82, 2.24) is 0 Å².